The summed E-state index contributed by atoms with van der Waals surface area (Å²) >= 11 is 0. The van der Waals surface area contributed by atoms with Crippen molar-refractivity contribution in [1.82, 2.24) is 4.98 Å². The van der Waals surface area contributed by atoms with Crippen LogP contribution < -0.4 is 4.98 Å². The van der Waals surface area contributed by atoms with Gasteiger partial charge in [-0.2, -0.15) is 0 Å². The average Bonchev–Trinajstić information content (AvgIpc) is 2.51. The van der Waals surface area contributed by atoms with Crippen LogP contribution in [-0.4, -0.2) is 37.3 Å². The Balaban J connectivity index is 3.57. The quantitative estimate of drug-likeness (QED) is 0.307. The predicted octanol–water partition coefficient (Wildman–Crippen LogP) is 6.68. The van der Waals surface area contributed by atoms with Gasteiger partial charge in [-0.05, 0) is 38.2 Å². The molecule has 0 radical (unpaired) electrons. The van der Waals surface area contributed by atoms with Crippen molar-refractivity contribution in [3.05, 3.63) is 35.9 Å². The molecule has 2 nitrogen and oxygen atoms in total. The van der Waals surface area contributed by atoms with E-state index >= 15 is 0 Å². The fourth-order valence-electron chi connectivity index (χ4n) is 4.58. The SMILES string of the molecule is CCCCCN[Si](C(O[Si](C)(C)C)c1ccccc1)([Si](C)(C)C)[Si](C)(C)C. The molecule has 0 aliphatic carbocycles. The van der Waals surface area contributed by atoms with Crippen LogP contribution >= 0.6 is 0 Å². The Hall–Kier alpha value is 0.00753. The molecule has 1 unspecified atom stereocenters. The summed E-state index contributed by atoms with van der Waals surface area (Å²) in [5, 5.41) is 0. The number of benzene rings is 1. The van der Waals surface area contributed by atoms with Crippen LogP contribution in [0.3, 0.4) is 0 Å². The van der Waals surface area contributed by atoms with E-state index in [1.165, 1.54) is 24.8 Å². The molecule has 0 fully saturated rings. The van der Waals surface area contributed by atoms with Gasteiger partial charge in [-0.1, -0.05) is 89.4 Å². The van der Waals surface area contributed by atoms with E-state index < -0.39 is 30.8 Å². The predicted molar refractivity (Wildman–Crippen MR) is 134 cm³/mol. The van der Waals surface area contributed by atoms with Gasteiger partial charge in [-0.15, -0.1) is 0 Å². The molecule has 0 aliphatic heterocycles. The summed E-state index contributed by atoms with van der Waals surface area (Å²) in [6, 6.07) is 11.2. The van der Waals surface area contributed by atoms with E-state index in [2.05, 4.69) is 101 Å². The topological polar surface area (TPSA) is 21.3 Å². The molecule has 1 atom stereocenters. The van der Waals surface area contributed by atoms with Gasteiger partial charge in [-0.3, -0.25) is 0 Å². The number of nitrogens with one attached hydrogen (secondary N) is 1. The van der Waals surface area contributed by atoms with Gasteiger partial charge >= 0.3 is 0 Å². The Labute approximate surface area is 173 Å². The second-order valence-corrected chi connectivity index (χ2v) is 42.1. The molecule has 1 aromatic carbocycles. The Kier molecular flexibility index (Phi) is 8.97. The van der Waals surface area contributed by atoms with Gasteiger partial charge < -0.3 is 9.41 Å². The summed E-state index contributed by atoms with van der Waals surface area (Å²) in [4.78, 5) is 4.33. The molecule has 0 spiro atoms. The molecular weight excluding hydrogens is 395 g/mol. The Bertz CT molecular complexity index is 544. The van der Waals surface area contributed by atoms with Crippen molar-refractivity contribution in [2.75, 3.05) is 6.54 Å². The minimum atomic E-state index is -1.89. The maximum Gasteiger partial charge on any atom is 0.184 e. The molecule has 0 aromatic heterocycles. The van der Waals surface area contributed by atoms with Gasteiger partial charge in [0.2, 0.25) is 0 Å². The highest BCUT2D eigenvalue weighted by atomic mass is 29.6. The summed E-state index contributed by atoms with van der Waals surface area (Å²) in [5.41, 5.74) is 1.70. The maximum atomic E-state index is 7.11. The molecule has 6 heteroatoms. The second kappa shape index (κ2) is 9.67. The third-order valence-corrected chi connectivity index (χ3v) is 43.8. The first-order chi connectivity index (χ1) is 12.3. The van der Waals surface area contributed by atoms with Crippen LogP contribution in [0, 0.1) is 0 Å². The van der Waals surface area contributed by atoms with Crippen molar-refractivity contribution < 1.29 is 4.43 Å². The van der Waals surface area contributed by atoms with E-state index in [9.17, 15) is 0 Å². The van der Waals surface area contributed by atoms with E-state index in [1.807, 2.05) is 0 Å². The first kappa shape index (κ1) is 25.0. The number of unbranched alkanes of at least 4 members (excludes halogenated alkanes) is 2. The Morgan fingerprint density at radius 2 is 1.33 bits per heavy atom. The largest absolute Gasteiger partial charge is 0.412 e. The van der Waals surface area contributed by atoms with Crippen molar-refractivity contribution in [3.63, 3.8) is 0 Å². The number of rotatable bonds is 11. The Morgan fingerprint density at radius 1 is 0.815 bits per heavy atom. The van der Waals surface area contributed by atoms with Crippen LogP contribution in [0.1, 0.15) is 37.5 Å². The van der Waals surface area contributed by atoms with Crippen LogP contribution in [0.4, 0.5) is 0 Å². The molecule has 0 saturated heterocycles. The third-order valence-electron chi connectivity index (χ3n) is 5.52. The van der Waals surface area contributed by atoms with E-state index in [0.717, 1.165) is 6.54 Å². The minimum Gasteiger partial charge on any atom is -0.412 e. The third kappa shape index (κ3) is 6.50. The number of hydrogen-bond acceptors (Lipinski definition) is 2. The van der Waals surface area contributed by atoms with E-state index in [0.29, 0.717) is 0 Å². The van der Waals surface area contributed by atoms with Gasteiger partial charge in [0.25, 0.3) is 0 Å². The van der Waals surface area contributed by atoms with Gasteiger partial charge in [-0.25, -0.2) is 0 Å². The number of hydrogen-bond donors (Lipinski definition) is 1. The lowest BCUT2D eigenvalue weighted by Crippen LogP contribution is -2.83. The van der Waals surface area contributed by atoms with Crippen molar-refractivity contribution in [1.29, 1.82) is 0 Å². The monoisotopic (exact) mass is 439 g/mol. The van der Waals surface area contributed by atoms with Crippen molar-refractivity contribution in [2.24, 2.45) is 0 Å². The van der Waals surface area contributed by atoms with Gasteiger partial charge in [0.15, 0.2) is 8.32 Å². The first-order valence-electron chi connectivity index (χ1n) is 10.7. The molecule has 1 aromatic rings. The molecule has 0 saturated carbocycles. The molecule has 0 heterocycles. The van der Waals surface area contributed by atoms with Gasteiger partial charge in [0.05, 0.1) is 20.9 Å². The summed E-state index contributed by atoms with van der Waals surface area (Å²) in [7, 11) is -6.56. The van der Waals surface area contributed by atoms with Gasteiger partial charge in [0, 0.05) is 0 Å². The van der Waals surface area contributed by atoms with Crippen LogP contribution in [0.2, 0.25) is 58.9 Å². The highest BCUT2D eigenvalue weighted by molar-refractivity contribution is 7.68. The highest BCUT2D eigenvalue weighted by Crippen LogP contribution is 2.41. The highest BCUT2D eigenvalue weighted by Gasteiger charge is 2.60. The van der Waals surface area contributed by atoms with Crippen LogP contribution in [0.25, 0.3) is 0 Å². The molecule has 1 rings (SSSR count). The van der Waals surface area contributed by atoms with E-state index in [-0.39, 0.29) is 5.73 Å². The minimum absolute atomic E-state index is 0.283. The van der Waals surface area contributed by atoms with Crippen LogP contribution in [0.5, 0.6) is 0 Å². The fraction of sp³-hybridized carbons (Fsp3) is 0.714. The smallest absolute Gasteiger partial charge is 0.184 e. The van der Waals surface area contributed by atoms with E-state index in [4.69, 9.17) is 4.43 Å². The van der Waals surface area contributed by atoms with Crippen LogP contribution in [0.15, 0.2) is 30.3 Å². The zero-order valence-electron chi connectivity index (χ0n) is 19.7. The second-order valence-electron chi connectivity index (χ2n) is 11.0. The molecule has 0 bridgehead atoms. The van der Waals surface area contributed by atoms with Crippen molar-refractivity contribution in [3.8, 4) is 0 Å². The van der Waals surface area contributed by atoms with Crippen molar-refractivity contribution >= 4 is 30.8 Å². The standard InChI is InChI=1S/C21H45NOSi4/c1-11-12-16-19-22-27(25(5,6)7,26(8,9)10)21(23-24(2,3)4)20-17-14-13-15-18-20/h13-15,17-18,21-22H,11-12,16,19H2,1-10H3. The van der Waals surface area contributed by atoms with Crippen molar-refractivity contribution in [2.45, 2.75) is 90.8 Å². The lowest BCUT2D eigenvalue weighted by atomic mass is 10.2. The van der Waals surface area contributed by atoms with Gasteiger partial charge in [0.1, 0.15) is 7.27 Å². The molecule has 27 heavy (non-hydrogen) atoms. The summed E-state index contributed by atoms with van der Waals surface area (Å²) in [6.07, 6.45) is 3.89. The lowest BCUT2D eigenvalue weighted by molar-refractivity contribution is 0.269. The summed E-state index contributed by atoms with van der Waals surface area (Å²) < 4.78 is 7.11. The molecule has 0 aliphatic rings. The molecule has 0 amide bonds. The summed E-state index contributed by atoms with van der Waals surface area (Å²) in [6.45, 7) is 26.1. The molecule has 1 N–H and O–H groups in total. The molecule has 156 valence electrons. The zero-order valence-corrected chi connectivity index (χ0v) is 23.7. The maximum absolute atomic E-state index is 7.11. The normalized spacial score (nSPS) is 15.0. The summed E-state index contributed by atoms with van der Waals surface area (Å²) in [5.74, 6) is 0. The van der Waals surface area contributed by atoms with Crippen LogP contribution in [-0.2, 0) is 4.43 Å². The zero-order chi connectivity index (χ0) is 20.9. The van der Waals surface area contributed by atoms with E-state index in [1.54, 1.807) is 0 Å². The lowest BCUT2D eigenvalue weighted by Gasteiger charge is -2.55. The first-order valence-corrected chi connectivity index (χ1v) is 25.2. The molecular formula is C21H45NOSi4. The fourth-order valence-corrected chi connectivity index (χ4v) is 51.2. The average molecular weight is 440 g/mol. The Morgan fingerprint density at radius 3 is 1.74 bits per heavy atom.